The maximum atomic E-state index is 3.24. The second kappa shape index (κ2) is 6.61. The predicted octanol–water partition coefficient (Wildman–Crippen LogP) is 2.64. The third-order valence-corrected chi connectivity index (χ3v) is 4.48. The van der Waals surface area contributed by atoms with E-state index in [9.17, 15) is 0 Å². The quantitative estimate of drug-likeness (QED) is 0.722. The molecule has 0 aromatic carbocycles. The van der Waals surface area contributed by atoms with Crippen molar-refractivity contribution in [2.24, 2.45) is 5.92 Å². The van der Waals surface area contributed by atoms with E-state index in [1.807, 2.05) is 0 Å². The summed E-state index contributed by atoms with van der Waals surface area (Å²) in [5, 5.41) is 3.24. The number of rotatable bonds is 5. The van der Waals surface area contributed by atoms with Crippen LogP contribution in [0.15, 0.2) is 0 Å². The summed E-state index contributed by atoms with van der Waals surface area (Å²) in [5.41, 5.74) is 0. The van der Waals surface area contributed by atoms with Crippen molar-refractivity contribution in [2.45, 2.75) is 57.4 Å². The molecule has 2 atom stereocenters. The monoisotopic (exact) mass is 224 g/mol. The lowest BCUT2D eigenvalue weighted by molar-refractivity contribution is 0.0597. The van der Waals surface area contributed by atoms with Crippen LogP contribution < -0.4 is 5.32 Å². The largest absolute Gasteiger partial charge is 0.320 e. The molecule has 0 aromatic rings. The molecule has 0 spiro atoms. The van der Waals surface area contributed by atoms with Crippen LogP contribution in [-0.2, 0) is 0 Å². The molecule has 2 aliphatic rings. The second-order valence-corrected chi connectivity index (χ2v) is 5.60. The molecule has 2 heteroatoms. The maximum absolute atomic E-state index is 3.24. The summed E-state index contributed by atoms with van der Waals surface area (Å²) in [5.74, 6) is 1.05. The van der Waals surface area contributed by atoms with E-state index in [0.717, 1.165) is 12.0 Å². The molecule has 1 heterocycles. The van der Waals surface area contributed by atoms with Crippen LogP contribution in [0.2, 0.25) is 0 Å². The number of piperidine rings is 1. The minimum atomic E-state index is 0.956. The minimum absolute atomic E-state index is 0.956. The third-order valence-electron chi connectivity index (χ3n) is 4.48. The van der Waals surface area contributed by atoms with E-state index in [-0.39, 0.29) is 0 Å². The Morgan fingerprint density at radius 1 is 1.06 bits per heavy atom. The second-order valence-electron chi connectivity index (χ2n) is 5.60. The van der Waals surface area contributed by atoms with Gasteiger partial charge in [-0.1, -0.05) is 12.8 Å². The standard InChI is InChI=1S/C14H28N2/c1-15-10-4-5-11-16-12-6-8-13-7-2-3-9-14(13)16/h13-15H,2-12H2,1H3/t13-,14-/m1/s1. The highest BCUT2D eigenvalue weighted by atomic mass is 15.2. The lowest BCUT2D eigenvalue weighted by Gasteiger charge is -2.44. The number of likely N-dealkylation sites (tertiary alicyclic amines) is 1. The van der Waals surface area contributed by atoms with E-state index in [1.54, 1.807) is 0 Å². The molecule has 0 amide bonds. The highest BCUT2D eigenvalue weighted by Gasteiger charge is 2.32. The van der Waals surface area contributed by atoms with Gasteiger partial charge < -0.3 is 10.2 Å². The fourth-order valence-electron chi connectivity index (χ4n) is 3.62. The topological polar surface area (TPSA) is 15.3 Å². The van der Waals surface area contributed by atoms with Gasteiger partial charge in [0.25, 0.3) is 0 Å². The van der Waals surface area contributed by atoms with E-state index < -0.39 is 0 Å². The van der Waals surface area contributed by atoms with Gasteiger partial charge in [0.2, 0.25) is 0 Å². The van der Waals surface area contributed by atoms with E-state index in [1.165, 1.54) is 71.0 Å². The lowest BCUT2D eigenvalue weighted by Crippen LogP contribution is -2.47. The van der Waals surface area contributed by atoms with Gasteiger partial charge in [-0.3, -0.25) is 0 Å². The van der Waals surface area contributed by atoms with Crippen molar-refractivity contribution in [1.82, 2.24) is 10.2 Å². The molecular weight excluding hydrogens is 196 g/mol. The predicted molar refractivity (Wildman–Crippen MR) is 69.7 cm³/mol. The van der Waals surface area contributed by atoms with Crippen molar-refractivity contribution in [1.29, 1.82) is 0 Å². The molecule has 2 fully saturated rings. The summed E-state index contributed by atoms with van der Waals surface area (Å²) in [4.78, 5) is 2.81. The number of nitrogens with one attached hydrogen (secondary N) is 1. The number of hydrogen-bond acceptors (Lipinski definition) is 2. The highest BCUT2D eigenvalue weighted by Crippen LogP contribution is 2.35. The Hall–Kier alpha value is -0.0800. The van der Waals surface area contributed by atoms with Gasteiger partial charge in [0.05, 0.1) is 0 Å². The van der Waals surface area contributed by atoms with Gasteiger partial charge >= 0.3 is 0 Å². The molecule has 0 radical (unpaired) electrons. The average Bonchev–Trinajstić information content (AvgIpc) is 2.35. The molecule has 94 valence electrons. The molecule has 1 aliphatic heterocycles. The zero-order chi connectivity index (χ0) is 11.2. The number of unbranched alkanes of at least 4 members (excludes halogenated alkanes) is 1. The maximum Gasteiger partial charge on any atom is 0.0123 e. The zero-order valence-electron chi connectivity index (χ0n) is 10.9. The number of fused-ring (bicyclic) bond motifs is 1. The summed E-state index contributed by atoms with van der Waals surface area (Å²) in [6.07, 6.45) is 11.6. The third kappa shape index (κ3) is 3.21. The first-order valence-electron chi connectivity index (χ1n) is 7.30. The van der Waals surface area contributed by atoms with Gasteiger partial charge in [-0.25, -0.2) is 0 Å². The van der Waals surface area contributed by atoms with Crippen LogP contribution in [0.4, 0.5) is 0 Å². The van der Waals surface area contributed by atoms with Crippen molar-refractivity contribution in [2.75, 3.05) is 26.7 Å². The van der Waals surface area contributed by atoms with Crippen LogP contribution in [0.3, 0.4) is 0 Å². The van der Waals surface area contributed by atoms with Gasteiger partial charge in [-0.05, 0) is 71.1 Å². The molecule has 16 heavy (non-hydrogen) atoms. The molecule has 0 unspecified atom stereocenters. The normalized spacial score (nSPS) is 31.3. The first-order valence-corrected chi connectivity index (χ1v) is 7.30. The molecule has 0 aromatic heterocycles. The minimum Gasteiger partial charge on any atom is -0.320 e. The molecular formula is C14H28N2. The molecule has 1 aliphatic carbocycles. The summed E-state index contributed by atoms with van der Waals surface area (Å²) in [6, 6.07) is 0.956. The molecule has 1 N–H and O–H groups in total. The summed E-state index contributed by atoms with van der Waals surface area (Å²) in [6.45, 7) is 3.91. The van der Waals surface area contributed by atoms with Crippen molar-refractivity contribution in [3.8, 4) is 0 Å². The van der Waals surface area contributed by atoms with Crippen LogP contribution >= 0.6 is 0 Å². The molecule has 1 saturated heterocycles. The zero-order valence-corrected chi connectivity index (χ0v) is 10.9. The SMILES string of the molecule is CNCCCCN1CCC[C@H]2CCCC[C@H]21. The lowest BCUT2D eigenvalue weighted by atomic mass is 9.78. The number of nitrogens with zero attached hydrogens (tertiary/aromatic N) is 1. The van der Waals surface area contributed by atoms with Crippen molar-refractivity contribution >= 4 is 0 Å². The van der Waals surface area contributed by atoms with Gasteiger partial charge in [-0.2, -0.15) is 0 Å². The summed E-state index contributed by atoms with van der Waals surface area (Å²) < 4.78 is 0. The van der Waals surface area contributed by atoms with Gasteiger partial charge in [0, 0.05) is 6.04 Å². The van der Waals surface area contributed by atoms with Crippen LogP contribution in [0.1, 0.15) is 51.4 Å². The Labute approximate surface area is 101 Å². The summed E-state index contributed by atoms with van der Waals surface area (Å²) in [7, 11) is 2.05. The summed E-state index contributed by atoms with van der Waals surface area (Å²) >= 11 is 0. The molecule has 2 rings (SSSR count). The van der Waals surface area contributed by atoms with Gasteiger partial charge in [-0.15, -0.1) is 0 Å². The Bertz CT molecular complexity index is 191. The molecule has 0 bridgehead atoms. The first-order chi connectivity index (χ1) is 7.92. The van der Waals surface area contributed by atoms with E-state index in [0.29, 0.717) is 0 Å². The number of hydrogen-bond donors (Lipinski definition) is 1. The fourth-order valence-corrected chi connectivity index (χ4v) is 3.62. The van der Waals surface area contributed by atoms with Crippen molar-refractivity contribution in [3.63, 3.8) is 0 Å². The molecule has 2 nitrogen and oxygen atoms in total. The van der Waals surface area contributed by atoms with E-state index in [4.69, 9.17) is 0 Å². The van der Waals surface area contributed by atoms with Crippen LogP contribution in [0.5, 0.6) is 0 Å². The Morgan fingerprint density at radius 3 is 2.75 bits per heavy atom. The van der Waals surface area contributed by atoms with Crippen molar-refractivity contribution in [3.05, 3.63) is 0 Å². The Morgan fingerprint density at radius 2 is 1.88 bits per heavy atom. The van der Waals surface area contributed by atoms with Crippen LogP contribution in [0.25, 0.3) is 0 Å². The average molecular weight is 224 g/mol. The van der Waals surface area contributed by atoms with Crippen LogP contribution in [-0.4, -0.2) is 37.6 Å². The van der Waals surface area contributed by atoms with E-state index in [2.05, 4.69) is 17.3 Å². The Balaban J connectivity index is 1.74. The van der Waals surface area contributed by atoms with Crippen LogP contribution in [0, 0.1) is 5.92 Å². The van der Waals surface area contributed by atoms with E-state index >= 15 is 0 Å². The molecule has 1 saturated carbocycles. The fraction of sp³-hybridized carbons (Fsp3) is 1.00. The Kier molecular flexibility index (Phi) is 5.11. The highest BCUT2D eigenvalue weighted by molar-refractivity contribution is 4.87. The van der Waals surface area contributed by atoms with Gasteiger partial charge in [0.15, 0.2) is 0 Å². The smallest absolute Gasteiger partial charge is 0.0123 e. The first kappa shape index (κ1) is 12.4. The van der Waals surface area contributed by atoms with Crippen molar-refractivity contribution < 1.29 is 0 Å². The van der Waals surface area contributed by atoms with Gasteiger partial charge in [0.1, 0.15) is 0 Å².